The summed E-state index contributed by atoms with van der Waals surface area (Å²) in [5, 5.41) is 12.8. The Morgan fingerprint density at radius 3 is 2.50 bits per heavy atom. The summed E-state index contributed by atoms with van der Waals surface area (Å²) in [6, 6.07) is 10.5. The molecule has 0 bridgehead atoms. The zero-order chi connectivity index (χ0) is 14.4. The molecule has 108 valence electrons. The molecule has 1 aromatic heterocycles. The van der Waals surface area contributed by atoms with Crippen LogP contribution in [-0.2, 0) is 13.1 Å². The number of nitrogens with zero attached hydrogens (tertiary/aromatic N) is 2. The number of hydrogen-bond acceptors (Lipinski definition) is 4. The molecule has 1 aromatic carbocycles. The van der Waals surface area contributed by atoms with Crippen LogP contribution in [0.4, 0.5) is 0 Å². The van der Waals surface area contributed by atoms with Gasteiger partial charge < -0.3 is 5.11 Å². The molecule has 0 spiro atoms. The average Bonchev–Trinajstić information content (AvgIpc) is 2.93. The minimum absolute atomic E-state index is 0.152. The van der Waals surface area contributed by atoms with Crippen LogP contribution in [0.1, 0.15) is 24.4 Å². The Hall–Kier alpha value is -1.23. The van der Waals surface area contributed by atoms with Crippen molar-refractivity contribution in [1.82, 2.24) is 9.88 Å². The van der Waals surface area contributed by atoms with Crippen molar-refractivity contribution in [3.8, 4) is 0 Å². The van der Waals surface area contributed by atoms with E-state index in [4.69, 9.17) is 0 Å². The van der Waals surface area contributed by atoms with E-state index in [0.717, 1.165) is 18.1 Å². The number of hydrogen-bond donors (Lipinski definition) is 1. The van der Waals surface area contributed by atoms with Crippen LogP contribution in [0.2, 0.25) is 0 Å². The van der Waals surface area contributed by atoms with E-state index in [1.54, 1.807) is 11.3 Å². The fourth-order valence-electron chi connectivity index (χ4n) is 2.36. The summed E-state index contributed by atoms with van der Waals surface area (Å²) in [4.78, 5) is 6.69. The lowest BCUT2D eigenvalue weighted by Gasteiger charge is -2.32. The normalized spacial score (nSPS) is 13.1. The number of aliphatic hydroxyl groups is 1. The molecule has 0 radical (unpaired) electrons. The quantitative estimate of drug-likeness (QED) is 0.851. The van der Waals surface area contributed by atoms with E-state index in [-0.39, 0.29) is 12.6 Å². The molecule has 4 heteroatoms. The Morgan fingerprint density at radius 2 is 1.95 bits per heavy atom. The van der Waals surface area contributed by atoms with E-state index in [1.165, 1.54) is 5.56 Å². The first-order valence-corrected chi connectivity index (χ1v) is 7.86. The van der Waals surface area contributed by atoms with Gasteiger partial charge >= 0.3 is 0 Å². The smallest absolute Gasteiger partial charge is 0.107 e. The standard InChI is InChI=1S/C16H22N2OS/c1-13(2)15(12-19)18(11-16-17-8-9-20-16)10-14-6-4-3-5-7-14/h3-9,13,15,19H,10-12H2,1-2H3. The molecule has 0 aliphatic rings. The van der Waals surface area contributed by atoms with Gasteiger partial charge in [-0.15, -0.1) is 11.3 Å². The van der Waals surface area contributed by atoms with Gasteiger partial charge in [0.1, 0.15) is 5.01 Å². The van der Waals surface area contributed by atoms with E-state index in [2.05, 4.69) is 48.0 Å². The molecule has 0 amide bonds. The lowest BCUT2D eigenvalue weighted by Crippen LogP contribution is -2.40. The second kappa shape index (κ2) is 7.53. The number of benzene rings is 1. The molecular formula is C16H22N2OS. The topological polar surface area (TPSA) is 36.4 Å². The molecule has 2 aromatic rings. The van der Waals surface area contributed by atoms with Crippen LogP contribution in [-0.4, -0.2) is 27.6 Å². The fraction of sp³-hybridized carbons (Fsp3) is 0.438. The van der Waals surface area contributed by atoms with Gasteiger partial charge in [-0.3, -0.25) is 4.90 Å². The van der Waals surface area contributed by atoms with Crippen molar-refractivity contribution in [3.63, 3.8) is 0 Å². The Bertz CT molecular complexity index is 484. The maximum atomic E-state index is 9.71. The minimum atomic E-state index is 0.152. The monoisotopic (exact) mass is 290 g/mol. The number of aliphatic hydroxyl groups excluding tert-OH is 1. The van der Waals surface area contributed by atoms with Crippen molar-refractivity contribution in [2.75, 3.05) is 6.61 Å². The number of rotatable bonds is 7. The third-order valence-corrected chi connectivity index (χ3v) is 4.24. The summed E-state index contributed by atoms with van der Waals surface area (Å²) in [6.07, 6.45) is 1.84. The van der Waals surface area contributed by atoms with Gasteiger partial charge in [-0.25, -0.2) is 4.98 Å². The van der Waals surface area contributed by atoms with Crippen LogP contribution < -0.4 is 0 Å². The highest BCUT2D eigenvalue weighted by Gasteiger charge is 2.22. The highest BCUT2D eigenvalue weighted by atomic mass is 32.1. The second-order valence-electron chi connectivity index (χ2n) is 5.31. The van der Waals surface area contributed by atoms with Crippen LogP contribution in [0.15, 0.2) is 41.9 Å². The van der Waals surface area contributed by atoms with Gasteiger partial charge in [0.2, 0.25) is 0 Å². The Labute approximate surface area is 124 Å². The van der Waals surface area contributed by atoms with Gasteiger partial charge in [-0.1, -0.05) is 44.2 Å². The summed E-state index contributed by atoms with van der Waals surface area (Å²) < 4.78 is 0. The highest BCUT2D eigenvalue weighted by molar-refractivity contribution is 7.09. The molecule has 0 saturated carbocycles. The summed E-state index contributed by atoms with van der Waals surface area (Å²) >= 11 is 1.67. The molecule has 20 heavy (non-hydrogen) atoms. The molecule has 1 heterocycles. The third-order valence-electron chi connectivity index (χ3n) is 3.48. The highest BCUT2D eigenvalue weighted by Crippen LogP contribution is 2.19. The molecule has 1 unspecified atom stereocenters. The molecule has 2 rings (SSSR count). The molecule has 0 saturated heterocycles. The molecule has 1 N–H and O–H groups in total. The van der Waals surface area contributed by atoms with Gasteiger partial charge in [0, 0.05) is 24.2 Å². The number of thiazole rings is 1. The van der Waals surface area contributed by atoms with Crippen LogP contribution >= 0.6 is 11.3 Å². The molecule has 0 fully saturated rings. The van der Waals surface area contributed by atoms with Gasteiger partial charge in [0.05, 0.1) is 13.2 Å². The summed E-state index contributed by atoms with van der Waals surface area (Å²) in [6.45, 7) is 6.11. The third kappa shape index (κ3) is 4.13. The molecular weight excluding hydrogens is 268 g/mol. The maximum absolute atomic E-state index is 9.71. The SMILES string of the molecule is CC(C)C(CO)N(Cc1ccccc1)Cc1nccs1. The van der Waals surface area contributed by atoms with Crippen LogP contribution in [0.5, 0.6) is 0 Å². The van der Waals surface area contributed by atoms with E-state index in [1.807, 2.05) is 17.6 Å². The van der Waals surface area contributed by atoms with Crippen molar-refractivity contribution in [1.29, 1.82) is 0 Å². The average molecular weight is 290 g/mol. The first-order valence-electron chi connectivity index (χ1n) is 6.98. The Kier molecular flexibility index (Phi) is 5.71. The van der Waals surface area contributed by atoms with Crippen molar-refractivity contribution in [2.24, 2.45) is 5.92 Å². The van der Waals surface area contributed by atoms with Crippen LogP contribution in [0.25, 0.3) is 0 Å². The van der Waals surface area contributed by atoms with Crippen LogP contribution in [0, 0.1) is 5.92 Å². The minimum Gasteiger partial charge on any atom is -0.395 e. The van der Waals surface area contributed by atoms with Gasteiger partial charge in [0.15, 0.2) is 0 Å². The summed E-state index contributed by atoms with van der Waals surface area (Å²) in [5.74, 6) is 0.406. The lowest BCUT2D eigenvalue weighted by molar-refractivity contribution is 0.0784. The molecule has 0 aliphatic heterocycles. The predicted molar refractivity (Wildman–Crippen MR) is 83.5 cm³/mol. The zero-order valence-corrected chi connectivity index (χ0v) is 12.9. The van der Waals surface area contributed by atoms with Crippen molar-refractivity contribution < 1.29 is 5.11 Å². The number of aromatic nitrogens is 1. The maximum Gasteiger partial charge on any atom is 0.107 e. The van der Waals surface area contributed by atoms with E-state index in [9.17, 15) is 5.11 Å². The van der Waals surface area contributed by atoms with Gasteiger partial charge in [-0.05, 0) is 11.5 Å². The first kappa shape index (κ1) is 15.2. The molecule has 1 atom stereocenters. The van der Waals surface area contributed by atoms with E-state index < -0.39 is 0 Å². The first-order chi connectivity index (χ1) is 9.70. The predicted octanol–water partition coefficient (Wildman–Crippen LogP) is 3.16. The second-order valence-corrected chi connectivity index (χ2v) is 6.29. The fourth-order valence-corrected chi connectivity index (χ4v) is 3.00. The Morgan fingerprint density at radius 1 is 1.20 bits per heavy atom. The van der Waals surface area contributed by atoms with E-state index >= 15 is 0 Å². The van der Waals surface area contributed by atoms with Gasteiger partial charge in [-0.2, -0.15) is 0 Å². The largest absolute Gasteiger partial charge is 0.395 e. The summed E-state index contributed by atoms with van der Waals surface area (Å²) in [5.41, 5.74) is 1.27. The van der Waals surface area contributed by atoms with E-state index in [0.29, 0.717) is 5.92 Å². The van der Waals surface area contributed by atoms with Crippen LogP contribution in [0.3, 0.4) is 0 Å². The van der Waals surface area contributed by atoms with Crippen molar-refractivity contribution in [2.45, 2.75) is 33.0 Å². The molecule has 0 aliphatic carbocycles. The van der Waals surface area contributed by atoms with Gasteiger partial charge in [0.25, 0.3) is 0 Å². The summed E-state index contributed by atoms with van der Waals surface area (Å²) in [7, 11) is 0. The molecule has 3 nitrogen and oxygen atoms in total. The van der Waals surface area contributed by atoms with Crippen molar-refractivity contribution >= 4 is 11.3 Å². The van der Waals surface area contributed by atoms with Crippen molar-refractivity contribution in [3.05, 3.63) is 52.5 Å². The zero-order valence-electron chi connectivity index (χ0n) is 12.1. The Balaban J connectivity index is 2.14. The lowest BCUT2D eigenvalue weighted by atomic mass is 10.0.